The van der Waals surface area contributed by atoms with Crippen molar-refractivity contribution in [1.29, 1.82) is 0 Å². The molecule has 0 aliphatic heterocycles. The van der Waals surface area contributed by atoms with Gasteiger partial charge in [-0.15, -0.1) is 0 Å². The van der Waals surface area contributed by atoms with Crippen LogP contribution >= 0.6 is 0 Å². The Hall–Kier alpha value is -0.910. The first-order valence-corrected chi connectivity index (χ1v) is 6.59. The molecule has 1 aromatic rings. The van der Waals surface area contributed by atoms with Crippen molar-refractivity contribution in [3.8, 4) is 0 Å². The Morgan fingerprint density at radius 1 is 1.39 bits per heavy atom. The van der Waals surface area contributed by atoms with Gasteiger partial charge in [0.15, 0.2) is 0 Å². The van der Waals surface area contributed by atoms with Gasteiger partial charge in [-0.2, -0.15) is 0 Å². The Morgan fingerprint density at radius 2 is 2.22 bits per heavy atom. The Kier molecular flexibility index (Phi) is 7.64. The van der Waals surface area contributed by atoms with Crippen molar-refractivity contribution in [3.63, 3.8) is 0 Å². The third-order valence-corrected chi connectivity index (χ3v) is 2.81. The van der Waals surface area contributed by atoms with Crippen molar-refractivity contribution in [3.05, 3.63) is 18.2 Å². The number of nitrogens with zero attached hydrogens (tertiary/aromatic N) is 2. The second kappa shape index (κ2) is 9.08. The molecular weight excluding hydrogens is 230 g/mol. The third-order valence-electron chi connectivity index (χ3n) is 2.81. The molecule has 0 fully saturated rings. The number of imidazole rings is 1. The molecule has 1 rings (SSSR count). The molecule has 0 amide bonds. The molecule has 104 valence electrons. The minimum atomic E-state index is 0.207. The predicted octanol–water partition coefficient (Wildman–Crippen LogP) is 1.22. The van der Waals surface area contributed by atoms with Crippen molar-refractivity contribution < 1.29 is 9.47 Å². The molecule has 0 saturated heterocycles. The molecule has 0 spiro atoms. The van der Waals surface area contributed by atoms with Gasteiger partial charge < -0.3 is 19.8 Å². The topological polar surface area (TPSA) is 62.3 Å². The van der Waals surface area contributed by atoms with E-state index in [1.807, 2.05) is 17.1 Å². The van der Waals surface area contributed by atoms with Crippen LogP contribution in [0.4, 0.5) is 0 Å². The van der Waals surface area contributed by atoms with Crippen molar-refractivity contribution in [2.45, 2.75) is 38.8 Å². The summed E-state index contributed by atoms with van der Waals surface area (Å²) in [5.74, 6) is 0. The van der Waals surface area contributed by atoms with Gasteiger partial charge >= 0.3 is 0 Å². The van der Waals surface area contributed by atoms with E-state index in [1.165, 1.54) is 0 Å². The van der Waals surface area contributed by atoms with Crippen LogP contribution in [0.5, 0.6) is 0 Å². The highest BCUT2D eigenvalue weighted by Gasteiger charge is 2.04. The molecule has 0 aliphatic carbocycles. The van der Waals surface area contributed by atoms with Gasteiger partial charge in [-0.05, 0) is 12.8 Å². The number of hydrogen-bond acceptors (Lipinski definition) is 4. The summed E-state index contributed by atoms with van der Waals surface area (Å²) in [5, 5.41) is 0. The number of aromatic nitrogens is 2. The highest BCUT2D eigenvalue weighted by Crippen LogP contribution is 2.02. The fraction of sp³-hybridized carbons (Fsp3) is 0.769. The second-order valence-corrected chi connectivity index (χ2v) is 4.43. The third kappa shape index (κ3) is 6.14. The van der Waals surface area contributed by atoms with E-state index in [0.717, 1.165) is 44.7 Å². The van der Waals surface area contributed by atoms with E-state index < -0.39 is 0 Å². The smallest absolute Gasteiger partial charge is 0.0950 e. The van der Waals surface area contributed by atoms with Crippen LogP contribution in [0.1, 0.15) is 25.5 Å². The van der Waals surface area contributed by atoms with Crippen LogP contribution in [-0.2, 0) is 22.4 Å². The van der Waals surface area contributed by atoms with Crippen LogP contribution in [0.15, 0.2) is 12.5 Å². The maximum Gasteiger partial charge on any atom is 0.0950 e. The fourth-order valence-electron chi connectivity index (χ4n) is 1.62. The van der Waals surface area contributed by atoms with Crippen molar-refractivity contribution in [2.24, 2.45) is 5.73 Å². The maximum absolute atomic E-state index is 5.90. The van der Waals surface area contributed by atoms with Gasteiger partial charge in [-0.25, -0.2) is 4.98 Å². The minimum Gasteiger partial charge on any atom is -0.385 e. The minimum absolute atomic E-state index is 0.207. The summed E-state index contributed by atoms with van der Waals surface area (Å²) < 4.78 is 12.5. The summed E-state index contributed by atoms with van der Waals surface area (Å²) in [6.07, 6.45) is 6.66. The quantitative estimate of drug-likeness (QED) is 0.638. The highest BCUT2D eigenvalue weighted by molar-refractivity contribution is 4.99. The molecule has 1 aromatic heterocycles. The van der Waals surface area contributed by atoms with Gasteiger partial charge in [0.1, 0.15) is 0 Å². The van der Waals surface area contributed by atoms with E-state index in [-0.39, 0.29) is 6.04 Å². The molecular formula is C13H25N3O2. The van der Waals surface area contributed by atoms with Gasteiger partial charge in [0, 0.05) is 45.5 Å². The number of nitrogens with two attached hydrogens (primary N) is 1. The normalized spacial score (nSPS) is 12.8. The first-order chi connectivity index (χ1) is 8.76. The van der Waals surface area contributed by atoms with Gasteiger partial charge in [-0.1, -0.05) is 6.92 Å². The van der Waals surface area contributed by atoms with Crippen LogP contribution in [0.3, 0.4) is 0 Å². The molecule has 5 nitrogen and oxygen atoms in total. The van der Waals surface area contributed by atoms with Gasteiger partial charge in [0.2, 0.25) is 0 Å². The largest absolute Gasteiger partial charge is 0.385 e. The van der Waals surface area contributed by atoms with Crippen LogP contribution < -0.4 is 5.73 Å². The molecule has 2 N–H and O–H groups in total. The zero-order valence-corrected chi connectivity index (χ0v) is 11.5. The van der Waals surface area contributed by atoms with Crippen molar-refractivity contribution in [1.82, 2.24) is 9.55 Å². The molecule has 1 heterocycles. The summed E-state index contributed by atoms with van der Waals surface area (Å²) >= 11 is 0. The van der Waals surface area contributed by atoms with Crippen LogP contribution in [0.2, 0.25) is 0 Å². The van der Waals surface area contributed by atoms with Gasteiger partial charge in [0.25, 0.3) is 0 Å². The lowest BCUT2D eigenvalue weighted by atomic mass is 10.1. The molecule has 0 aromatic carbocycles. The summed E-state index contributed by atoms with van der Waals surface area (Å²) in [7, 11) is 1.70. The van der Waals surface area contributed by atoms with E-state index in [9.17, 15) is 0 Å². The Morgan fingerprint density at radius 3 is 2.94 bits per heavy atom. The van der Waals surface area contributed by atoms with E-state index in [0.29, 0.717) is 6.61 Å². The fourth-order valence-corrected chi connectivity index (χ4v) is 1.62. The molecule has 0 bridgehead atoms. The average molecular weight is 255 g/mol. The van der Waals surface area contributed by atoms with E-state index in [2.05, 4.69) is 11.9 Å². The molecule has 5 heteroatoms. The Labute approximate surface area is 109 Å². The summed E-state index contributed by atoms with van der Waals surface area (Å²) in [6.45, 7) is 5.14. The Balaban J connectivity index is 2.15. The molecule has 18 heavy (non-hydrogen) atoms. The zero-order valence-electron chi connectivity index (χ0n) is 11.5. The zero-order chi connectivity index (χ0) is 13.2. The van der Waals surface area contributed by atoms with E-state index >= 15 is 0 Å². The molecule has 0 saturated carbocycles. The van der Waals surface area contributed by atoms with Gasteiger partial charge in [0.05, 0.1) is 18.6 Å². The first kappa shape index (κ1) is 15.1. The van der Waals surface area contributed by atoms with Crippen LogP contribution in [0.25, 0.3) is 0 Å². The monoisotopic (exact) mass is 255 g/mol. The molecule has 0 radical (unpaired) electrons. The SMILES string of the molecule is CCC(N)Cc1cn(CCOCCCOC)cn1. The average Bonchev–Trinajstić information content (AvgIpc) is 2.81. The summed E-state index contributed by atoms with van der Waals surface area (Å²) in [5.41, 5.74) is 6.96. The number of ether oxygens (including phenoxy) is 2. The maximum atomic E-state index is 5.90. The predicted molar refractivity (Wildman–Crippen MR) is 71.5 cm³/mol. The highest BCUT2D eigenvalue weighted by atomic mass is 16.5. The number of hydrogen-bond donors (Lipinski definition) is 1. The number of rotatable bonds is 10. The lowest BCUT2D eigenvalue weighted by Crippen LogP contribution is -2.21. The Bertz CT molecular complexity index is 315. The molecule has 1 atom stereocenters. The second-order valence-electron chi connectivity index (χ2n) is 4.43. The first-order valence-electron chi connectivity index (χ1n) is 6.59. The standard InChI is InChI=1S/C13H25N3O2/c1-3-12(14)9-13-10-16(11-15-13)5-8-18-7-4-6-17-2/h10-12H,3-9,14H2,1-2H3. The lowest BCUT2D eigenvalue weighted by molar-refractivity contribution is 0.0976. The van der Waals surface area contributed by atoms with Crippen LogP contribution in [-0.4, -0.2) is 42.5 Å². The van der Waals surface area contributed by atoms with Crippen LogP contribution in [0, 0.1) is 0 Å². The van der Waals surface area contributed by atoms with Gasteiger partial charge in [-0.3, -0.25) is 0 Å². The van der Waals surface area contributed by atoms with E-state index in [4.69, 9.17) is 15.2 Å². The molecule has 0 aliphatic rings. The lowest BCUT2D eigenvalue weighted by Gasteiger charge is -2.05. The molecule has 1 unspecified atom stereocenters. The van der Waals surface area contributed by atoms with Crippen molar-refractivity contribution >= 4 is 0 Å². The van der Waals surface area contributed by atoms with Crippen molar-refractivity contribution in [2.75, 3.05) is 26.9 Å². The summed E-state index contributed by atoms with van der Waals surface area (Å²) in [6, 6.07) is 0.207. The number of methoxy groups -OCH3 is 1. The van der Waals surface area contributed by atoms with E-state index in [1.54, 1.807) is 7.11 Å². The summed E-state index contributed by atoms with van der Waals surface area (Å²) in [4.78, 5) is 4.34.